The lowest BCUT2D eigenvalue weighted by Crippen LogP contribution is -2.30. The molecular formula is C52H100O6. The summed E-state index contributed by atoms with van der Waals surface area (Å²) in [6.45, 7) is 11.3. The summed E-state index contributed by atoms with van der Waals surface area (Å²) in [5.74, 6) is 0.797. The van der Waals surface area contributed by atoms with Crippen LogP contribution in [0.2, 0.25) is 0 Å². The fourth-order valence-corrected chi connectivity index (χ4v) is 7.78. The van der Waals surface area contributed by atoms with Crippen LogP contribution in [0.15, 0.2) is 0 Å². The maximum absolute atomic E-state index is 12.8. The summed E-state index contributed by atoms with van der Waals surface area (Å²) >= 11 is 0. The van der Waals surface area contributed by atoms with E-state index < -0.39 is 6.10 Å². The van der Waals surface area contributed by atoms with E-state index in [2.05, 4.69) is 34.6 Å². The summed E-state index contributed by atoms with van der Waals surface area (Å²) in [7, 11) is 0. The molecule has 6 nitrogen and oxygen atoms in total. The van der Waals surface area contributed by atoms with Crippen LogP contribution in [0, 0.1) is 11.8 Å². The van der Waals surface area contributed by atoms with Crippen LogP contribution in [-0.4, -0.2) is 37.2 Å². The van der Waals surface area contributed by atoms with E-state index in [0.29, 0.717) is 19.3 Å². The van der Waals surface area contributed by atoms with Crippen molar-refractivity contribution in [3.05, 3.63) is 0 Å². The highest BCUT2D eigenvalue weighted by atomic mass is 16.6. The van der Waals surface area contributed by atoms with Crippen molar-refractivity contribution in [3.63, 3.8) is 0 Å². The second-order valence-corrected chi connectivity index (χ2v) is 18.5. The molecular weight excluding hydrogens is 721 g/mol. The van der Waals surface area contributed by atoms with Gasteiger partial charge >= 0.3 is 17.9 Å². The average molecular weight is 821 g/mol. The number of unbranched alkanes of at least 4 members (excludes halogenated alkanes) is 30. The van der Waals surface area contributed by atoms with Crippen molar-refractivity contribution in [3.8, 4) is 0 Å². The number of rotatable bonds is 46. The van der Waals surface area contributed by atoms with Gasteiger partial charge in [-0.25, -0.2) is 0 Å². The SMILES string of the molecule is CCCCCCCCCCCCCCCCCC(=O)O[C@@H](COC(=O)CCCCCCCCCCCCCCC(C)C)COC(=O)CCCCCCCCC(C)CC. The summed E-state index contributed by atoms with van der Waals surface area (Å²) in [6, 6.07) is 0. The molecule has 0 saturated carbocycles. The molecule has 0 bridgehead atoms. The van der Waals surface area contributed by atoms with E-state index in [9.17, 15) is 14.4 Å². The molecule has 0 saturated heterocycles. The molecule has 0 amide bonds. The fourth-order valence-electron chi connectivity index (χ4n) is 7.78. The van der Waals surface area contributed by atoms with Crippen LogP contribution < -0.4 is 0 Å². The largest absolute Gasteiger partial charge is 0.462 e. The number of hydrogen-bond acceptors (Lipinski definition) is 6. The monoisotopic (exact) mass is 821 g/mol. The standard InChI is InChI=1S/C52H100O6/c1-6-8-9-10-11-12-13-14-15-16-21-24-27-34-39-44-52(55)58-49(46-57-51(54)43-38-33-29-28-31-36-41-48(5)7-2)45-56-50(53)42-37-32-26-23-20-18-17-19-22-25-30-35-40-47(3)4/h47-49H,6-46H2,1-5H3/t48?,49-/m0/s1. The van der Waals surface area contributed by atoms with E-state index in [-0.39, 0.29) is 31.1 Å². The normalized spacial score (nSPS) is 12.5. The molecule has 0 N–H and O–H groups in total. The summed E-state index contributed by atoms with van der Waals surface area (Å²) in [5, 5.41) is 0. The van der Waals surface area contributed by atoms with Gasteiger partial charge in [-0.05, 0) is 31.1 Å². The van der Waals surface area contributed by atoms with Crippen LogP contribution in [0.1, 0.15) is 285 Å². The van der Waals surface area contributed by atoms with E-state index in [1.165, 1.54) is 173 Å². The van der Waals surface area contributed by atoms with Gasteiger partial charge in [0.15, 0.2) is 6.10 Å². The van der Waals surface area contributed by atoms with Crippen LogP contribution in [-0.2, 0) is 28.6 Å². The quantitative estimate of drug-likeness (QED) is 0.0346. The minimum atomic E-state index is -0.762. The first kappa shape index (κ1) is 56.4. The lowest BCUT2D eigenvalue weighted by Gasteiger charge is -2.18. The van der Waals surface area contributed by atoms with Crippen LogP contribution in [0.25, 0.3) is 0 Å². The molecule has 58 heavy (non-hydrogen) atoms. The van der Waals surface area contributed by atoms with Gasteiger partial charge in [-0.3, -0.25) is 14.4 Å². The topological polar surface area (TPSA) is 78.9 Å². The Morgan fingerprint density at radius 3 is 0.983 bits per heavy atom. The Kier molecular flexibility index (Phi) is 43.7. The number of carbonyl (C=O) groups excluding carboxylic acids is 3. The first-order valence-corrected chi connectivity index (χ1v) is 25.8. The average Bonchev–Trinajstić information content (AvgIpc) is 3.21. The Balaban J connectivity index is 4.30. The molecule has 0 fully saturated rings. The van der Waals surface area contributed by atoms with Gasteiger partial charge in [0.25, 0.3) is 0 Å². The zero-order chi connectivity index (χ0) is 42.6. The summed E-state index contributed by atoms with van der Waals surface area (Å²) < 4.78 is 16.8. The maximum Gasteiger partial charge on any atom is 0.306 e. The lowest BCUT2D eigenvalue weighted by atomic mass is 10.00. The molecule has 0 aliphatic rings. The zero-order valence-corrected chi connectivity index (χ0v) is 39.7. The maximum atomic E-state index is 12.8. The molecule has 0 aliphatic heterocycles. The summed E-state index contributed by atoms with van der Waals surface area (Å²) in [4.78, 5) is 37.9. The van der Waals surface area contributed by atoms with Crippen molar-refractivity contribution in [1.82, 2.24) is 0 Å². The minimum absolute atomic E-state index is 0.0644. The fraction of sp³-hybridized carbons (Fsp3) is 0.942. The highest BCUT2D eigenvalue weighted by Crippen LogP contribution is 2.18. The van der Waals surface area contributed by atoms with Gasteiger partial charge in [0.1, 0.15) is 13.2 Å². The van der Waals surface area contributed by atoms with Crippen molar-refractivity contribution in [2.75, 3.05) is 13.2 Å². The van der Waals surface area contributed by atoms with Crippen molar-refractivity contribution in [2.45, 2.75) is 291 Å². The van der Waals surface area contributed by atoms with Gasteiger partial charge in [0.05, 0.1) is 0 Å². The van der Waals surface area contributed by atoms with Gasteiger partial charge in [0.2, 0.25) is 0 Å². The Morgan fingerprint density at radius 2 is 0.655 bits per heavy atom. The van der Waals surface area contributed by atoms with Gasteiger partial charge in [-0.1, -0.05) is 247 Å². The van der Waals surface area contributed by atoms with E-state index in [0.717, 1.165) is 69.6 Å². The van der Waals surface area contributed by atoms with Crippen molar-refractivity contribution in [2.24, 2.45) is 11.8 Å². The molecule has 2 atom stereocenters. The Labute approximate surface area is 361 Å². The van der Waals surface area contributed by atoms with E-state index >= 15 is 0 Å². The van der Waals surface area contributed by atoms with E-state index in [1.807, 2.05) is 0 Å². The van der Waals surface area contributed by atoms with E-state index in [1.54, 1.807) is 0 Å². The number of carbonyl (C=O) groups is 3. The van der Waals surface area contributed by atoms with Gasteiger partial charge in [0, 0.05) is 19.3 Å². The van der Waals surface area contributed by atoms with Crippen molar-refractivity contribution < 1.29 is 28.6 Å². The third kappa shape index (κ3) is 44.0. The van der Waals surface area contributed by atoms with Crippen LogP contribution in [0.4, 0.5) is 0 Å². The molecule has 1 unspecified atom stereocenters. The summed E-state index contributed by atoms with van der Waals surface area (Å²) in [5.41, 5.74) is 0. The molecule has 0 aromatic heterocycles. The van der Waals surface area contributed by atoms with Crippen LogP contribution in [0.5, 0.6) is 0 Å². The second kappa shape index (κ2) is 44.9. The molecule has 0 radical (unpaired) electrons. The molecule has 6 heteroatoms. The first-order chi connectivity index (χ1) is 28.3. The highest BCUT2D eigenvalue weighted by Gasteiger charge is 2.19. The molecule has 0 rings (SSSR count). The smallest absolute Gasteiger partial charge is 0.306 e. The molecule has 0 aromatic carbocycles. The van der Waals surface area contributed by atoms with Crippen molar-refractivity contribution >= 4 is 17.9 Å². The van der Waals surface area contributed by atoms with Crippen LogP contribution >= 0.6 is 0 Å². The van der Waals surface area contributed by atoms with Crippen molar-refractivity contribution in [1.29, 1.82) is 0 Å². The number of hydrogen-bond donors (Lipinski definition) is 0. The molecule has 0 spiro atoms. The first-order valence-electron chi connectivity index (χ1n) is 25.8. The van der Waals surface area contributed by atoms with Gasteiger partial charge in [-0.2, -0.15) is 0 Å². The zero-order valence-electron chi connectivity index (χ0n) is 39.7. The molecule has 344 valence electrons. The Bertz CT molecular complexity index is 887. The number of esters is 3. The third-order valence-electron chi connectivity index (χ3n) is 12.1. The Morgan fingerprint density at radius 1 is 0.362 bits per heavy atom. The minimum Gasteiger partial charge on any atom is -0.462 e. The molecule has 0 aliphatic carbocycles. The third-order valence-corrected chi connectivity index (χ3v) is 12.1. The molecule has 0 heterocycles. The van der Waals surface area contributed by atoms with Gasteiger partial charge < -0.3 is 14.2 Å². The predicted molar refractivity (Wildman–Crippen MR) is 247 cm³/mol. The number of ether oxygens (including phenoxy) is 3. The highest BCUT2D eigenvalue weighted by molar-refractivity contribution is 5.71. The van der Waals surface area contributed by atoms with E-state index in [4.69, 9.17) is 14.2 Å². The van der Waals surface area contributed by atoms with Crippen LogP contribution in [0.3, 0.4) is 0 Å². The lowest BCUT2D eigenvalue weighted by molar-refractivity contribution is -0.167. The molecule has 0 aromatic rings. The Hall–Kier alpha value is -1.59. The summed E-state index contributed by atoms with van der Waals surface area (Å²) in [6.07, 6.45) is 45.2. The van der Waals surface area contributed by atoms with Gasteiger partial charge in [-0.15, -0.1) is 0 Å². The second-order valence-electron chi connectivity index (χ2n) is 18.5. The predicted octanol–water partition coefficient (Wildman–Crippen LogP) is 16.5.